The van der Waals surface area contributed by atoms with Crippen LogP contribution in [-0.4, -0.2) is 80.1 Å². The largest absolute Gasteiger partial charge is 0.458 e. The first kappa shape index (κ1) is 39.2. The highest BCUT2D eigenvalue weighted by Gasteiger charge is 2.60. The summed E-state index contributed by atoms with van der Waals surface area (Å²) in [5.74, 6) is -3.94. The standard InChI is InChI=1S/C39H58N4O7/c1-12-30-39(10)34(43(36(47)50-39)19-14-13-18-42-22-29(41-23-42)28-16-15-17-40-21-28)26(4)31(44)24(2)20-38(9,48-11)33(37(6,7)8)25(3)32(45)27(5)35(46)49-30/h15-17,21-27,30,33-34H,12-14,18-20H2,1-11H3. The Morgan fingerprint density at radius 2 is 1.68 bits per heavy atom. The van der Waals surface area contributed by atoms with Crippen LogP contribution in [0.4, 0.5) is 4.79 Å². The quantitative estimate of drug-likeness (QED) is 0.167. The summed E-state index contributed by atoms with van der Waals surface area (Å²) < 4.78 is 20.4. The van der Waals surface area contributed by atoms with Gasteiger partial charge in [0.25, 0.3) is 0 Å². The van der Waals surface area contributed by atoms with Crippen molar-refractivity contribution in [2.75, 3.05) is 13.7 Å². The highest BCUT2D eigenvalue weighted by atomic mass is 16.6. The maximum Gasteiger partial charge on any atom is 0.410 e. The lowest BCUT2D eigenvalue weighted by Gasteiger charge is -2.48. The second-order valence-corrected chi connectivity index (χ2v) is 16.0. The molecular formula is C39H58N4O7. The van der Waals surface area contributed by atoms with Crippen molar-refractivity contribution in [3.63, 3.8) is 0 Å². The van der Waals surface area contributed by atoms with Crippen molar-refractivity contribution in [1.29, 1.82) is 0 Å². The molecule has 2 aliphatic rings. The number of esters is 1. The van der Waals surface area contributed by atoms with Crippen molar-refractivity contribution in [3.8, 4) is 11.3 Å². The molecule has 2 aliphatic heterocycles. The Morgan fingerprint density at radius 3 is 2.28 bits per heavy atom. The molecule has 4 heterocycles. The number of aryl methyl sites for hydroxylation is 1. The number of carbonyl (C=O) groups excluding carboxylic acids is 4. The van der Waals surface area contributed by atoms with Crippen LogP contribution in [0.25, 0.3) is 11.3 Å². The van der Waals surface area contributed by atoms with Gasteiger partial charge in [0.15, 0.2) is 5.60 Å². The molecule has 11 nitrogen and oxygen atoms in total. The number of fused-ring (bicyclic) bond motifs is 1. The van der Waals surface area contributed by atoms with Gasteiger partial charge >= 0.3 is 12.1 Å². The third kappa shape index (κ3) is 7.82. The summed E-state index contributed by atoms with van der Waals surface area (Å²) >= 11 is 0. The van der Waals surface area contributed by atoms with Gasteiger partial charge in [0.2, 0.25) is 0 Å². The van der Waals surface area contributed by atoms with E-state index >= 15 is 0 Å². The number of hydrogen-bond acceptors (Lipinski definition) is 9. The molecule has 0 saturated carbocycles. The van der Waals surface area contributed by atoms with E-state index in [1.54, 1.807) is 44.6 Å². The molecule has 1 amide bonds. The van der Waals surface area contributed by atoms with Crippen LogP contribution in [0.3, 0.4) is 0 Å². The minimum atomic E-state index is -1.32. The summed E-state index contributed by atoms with van der Waals surface area (Å²) in [6, 6.07) is 3.13. The van der Waals surface area contributed by atoms with Crippen LogP contribution in [-0.2, 0) is 35.1 Å². The number of amides is 1. The van der Waals surface area contributed by atoms with Gasteiger partial charge in [-0.05, 0) is 64.0 Å². The number of rotatable bonds is 8. The van der Waals surface area contributed by atoms with Gasteiger partial charge in [-0.15, -0.1) is 0 Å². The zero-order chi connectivity index (χ0) is 37.2. The number of carbonyl (C=O) groups is 4. The smallest absolute Gasteiger partial charge is 0.410 e. The molecule has 11 heteroatoms. The van der Waals surface area contributed by atoms with Crippen molar-refractivity contribution in [3.05, 3.63) is 37.1 Å². The van der Waals surface area contributed by atoms with Crippen molar-refractivity contribution < 1.29 is 33.4 Å². The number of ketones is 2. The molecule has 0 aromatic carbocycles. The highest BCUT2D eigenvalue weighted by Crippen LogP contribution is 2.47. The average Bonchev–Trinajstić information content (AvgIpc) is 3.64. The fourth-order valence-electron chi connectivity index (χ4n) is 9.07. The third-order valence-corrected chi connectivity index (χ3v) is 11.3. The molecule has 2 aromatic rings. The number of aromatic nitrogens is 3. The van der Waals surface area contributed by atoms with E-state index in [1.807, 2.05) is 57.5 Å². The summed E-state index contributed by atoms with van der Waals surface area (Å²) in [7, 11) is 1.62. The minimum Gasteiger partial charge on any atom is -0.458 e. The maximum absolute atomic E-state index is 14.5. The Morgan fingerprint density at radius 1 is 1.00 bits per heavy atom. The zero-order valence-corrected chi connectivity index (χ0v) is 31.9. The van der Waals surface area contributed by atoms with Crippen molar-refractivity contribution >= 4 is 23.6 Å². The summed E-state index contributed by atoms with van der Waals surface area (Å²) in [6.07, 6.45) is 7.94. The third-order valence-electron chi connectivity index (χ3n) is 11.3. The minimum absolute atomic E-state index is 0.0348. The van der Waals surface area contributed by atoms with Gasteiger partial charge in [0.05, 0.1) is 23.7 Å². The molecule has 0 aliphatic carbocycles. The highest BCUT2D eigenvalue weighted by molar-refractivity contribution is 6.00. The monoisotopic (exact) mass is 694 g/mol. The van der Waals surface area contributed by atoms with E-state index in [0.717, 1.165) is 17.7 Å². The number of cyclic esters (lactones) is 1. The predicted octanol–water partition coefficient (Wildman–Crippen LogP) is 6.78. The number of imidazole rings is 1. The SMILES string of the molecule is CCC1OC(=O)C(C)C(=O)C(C)C(C(C)(C)C)C(C)(OC)CC(C)C(=O)C(C)C2N(CCCCn3cnc(-c4cccnc4)c3)C(=O)OC12C. The number of pyridine rings is 1. The summed E-state index contributed by atoms with van der Waals surface area (Å²) in [6.45, 7) is 20.0. The molecule has 9 unspecified atom stereocenters. The van der Waals surface area contributed by atoms with E-state index in [0.29, 0.717) is 32.4 Å². The Balaban J connectivity index is 1.64. The first-order chi connectivity index (χ1) is 23.4. The molecule has 0 bridgehead atoms. The Hall–Kier alpha value is -3.60. The van der Waals surface area contributed by atoms with Gasteiger partial charge < -0.3 is 23.7 Å². The van der Waals surface area contributed by atoms with Gasteiger partial charge in [0.1, 0.15) is 23.6 Å². The van der Waals surface area contributed by atoms with Crippen molar-refractivity contribution in [1.82, 2.24) is 19.4 Å². The molecule has 2 fully saturated rings. The van der Waals surface area contributed by atoms with Gasteiger partial charge in [-0.1, -0.05) is 48.5 Å². The molecule has 9 atom stereocenters. The number of methoxy groups -OCH3 is 1. The van der Waals surface area contributed by atoms with E-state index in [2.05, 4.69) is 30.7 Å². The first-order valence-electron chi connectivity index (χ1n) is 18.1. The van der Waals surface area contributed by atoms with E-state index in [-0.39, 0.29) is 22.9 Å². The summed E-state index contributed by atoms with van der Waals surface area (Å²) in [4.78, 5) is 66.2. The summed E-state index contributed by atoms with van der Waals surface area (Å²) in [5, 5.41) is 0. The van der Waals surface area contributed by atoms with Crippen LogP contribution in [0, 0.1) is 35.0 Å². The van der Waals surface area contributed by atoms with Crippen LogP contribution >= 0.6 is 0 Å². The lowest BCUT2D eigenvalue weighted by molar-refractivity contribution is -0.174. The number of ether oxygens (including phenoxy) is 3. The fourth-order valence-corrected chi connectivity index (χ4v) is 9.07. The number of hydrogen-bond donors (Lipinski definition) is 0. The number of unbranched alkanes of at least 4 members (excludes halogenated alkanes) is 1. The zero-order valence-electron chi connectivity index (χ0n) is 31.9. The molecular weight excluding hydrogens is 636 g/mol. The molecule has 2 aromatic heterocycles. The van der Waals surface area contributed by atoms with Gasteiger partial charge in [-0.25, -0.2) is 9.78 Å². The Labute approximate surface area is 297 Å². The van der Waals surface area contributed by atoms with Crippen LogP contribution < -0.4 is 0 Å². The first-order valence-corrected chi connectivity index (χ1v) is 18.1. The second kappa shape index (κ2) is 15.3. The molecule has 2 saturated heterocycles. The molecule has 276 valence electrons. The fraction of sp³-hybridized carbons (Fsp3) is 0.692. The Kier molecular flexibility index (Phi) is 12.0. The molecule has 0 N–H and O–H groups in total. The molecule has 4 rings (SSSR count). The van der Waals surface area contributed by atoms with Gasteiger partial charge in [-0.2, -0.15) is 0 Å². The van der Waals surface area contributed by atoms with Crippen LogP contribution in [0.15, 0.2) is 37.1 Å². The summed E-state index contributed by atoms with van der Waals surface area (Å²) in [5.41, 5.74) is -0.805. The van der Waals surface area contributed by atoms with E-state index < -0.39 is 59.1 Å². The average molecular weight is 695 g/mol. The van der Waals surface area contributed by atoms with Crippen LogP contribution in [0.2, 0.25) is 0 Å². The van der Waals surface area contributed by atoms with Gasteiger partial charge in [-0.3, -0.25) is 19.4 Å². The van der Waals surface area contributed by atoms with Crippen molar-refractivity contribution in [2.45, 2.75) is 125 Å². The second-order valence-electron chi connectivity index (χ2n) is 16.0. The van der Waals surface area contributed by atoms with E-state index in [9.17, 15) is 19.2 Å². The topological polar surface area (TPSA) is 130 Å². The van der Waals surface area contributed by atoms with Crippen molar-refractivity contribution in [2.24, 2.45) is 35.0 Å². The molecule has 50 heavy (non-hydrogen) atoms. The normalized spacial score (nSPS) is 33.1. The lowest BCUT2D eigenvalue weighted by Crippen LogP contribution is -2.58. The number of Topliss-reactive ketones (excluding diaryl/α,β-unsaturated/α-hetero) is 2. The lowest BCUT2D eigenvalue weighted by atomic mass is 9.61. The maximum atomic E-state index is 14.5. The van der Waals surface area contributed by atoms with Crippen LogP contribution in [0.5, 0.6) is 0 Å². The van der Waals surface area contributed by atoms with E-state index in [1.165, 1.54) is 0 Å². The van der Waals surface area contributed by atoms with Crippen LogP contribution in [0.1, 0.15) is 94.9 Å². The van der Waals surface area contributed by atoms with Gasteiger partial charge in [0, 0.05) is 68.0 Å². The molecule has 0 spiro atoms. The Bertz CT molecular complexity index is 1520. The predicted molar refractivity (Wildman–Crippen MR) is 190 cm³/mol. The van der Waals surface area contributed by atoms with E-state index in [4.69, 9.17) is 14.2 Å². The molecule has 0 radical (unpaired) electrons. The number of nitrogens with zero attached hydrogens (tertiary/aromatic N) is 4.